The average molecular weight is 483 g/mol. The van der Waals surface area contributed by atoms with Gasteiger partial charge in [-0.1, -0.05) is 47.7 Å². The van der Waals surface area contributed by atoms with Crippen molar-refractivity contribution in [2.24, 2.45) is 0 Å². The number of carbonyl (C=O) groups is 1. The highest BCUT2D eigenvalue weighted by Gasteiger charge is 2.18. The van der Waals surface area contributed by atoms with Crippen LogP contribution in [-0.4, -0.2) is 20.7 Å². The number of fused-ring (bicyclic) bond motifs is 2. The van der Waals surface area contributed by atoms with Crippen molar-refractivity contribution in [2.45, 2.75) is 6.92 Å². The van der Waals surface area contributed by atoms with Gasteiger partial charge in [0.05, 0.1) is 26.5 Å². The molecule has 6 nitrogen and oxygen atoms in total. The third-order valence-corrected chi connectivity index (χ3v) is 7.37. The number of rotatable bonds is 5. The van der Waals surface area contributed by atoms with Gasteiger partial charge in [-0.2, -0.15) is 5.10 Å². The van der Waals surface area contributed by atoms with E-state index in [0.717, 1.165) is 43.3 Å². The number of aryl methyl sites for hydroxylation is 1. The number of ether oxygens (including phenoxy) is 1. The van der Waals surface area contributed by atoms with Gasteiger partial charge >= 0.3 is 0 Å². The van der Waals surface area contributed by atoms with Crippen LogP contribution in [0.4, 0.5) is 5.13 Å². The van der Waals surface area contributed by atoms with Crippen molar-refractivity contribution in [2.75, 3.05) is 5.32 Å². The van der Waals surface area contributed by atoms with E-state index in [2.05, 4.69) is 15.4 Å². The lowest BCUT2D eigenvalue weighted by molar-refractivity contribution is 0.103. The fourth-order valence-corrected chi connectivity index (χ4v) is 5.68. The second kappa shape index (κ2) is 8.40. The van der Waals surface area contributed by atoms with Gasteiger partial charge in [-0.05, 0) is 49.4 Å². The van der Waals surface area contributed by atoms with Crippen molar-refractivity contribution >= 4 is 54.1 Å². The monoisotopic (exact) mass is 482 g/mol. The van der Waals surface area contributed by atoms with Gasteiger partial charge < -0.3 is 4.74 Å². The van der Waals surface area contributed by atoms with E-state index in [1.165, 1.54) is 22.7 Å². The standard InChI is InChI=1S/C26H18N4O2S2/c1-16-20-15-23(33-25(20)30(29-16)17-8-4-2-5-9-17)24(31)28-26-27-21-13-12-19(14-22(21)34-26)32-18-10-6-3-7-11-18/h2-15H,1H3,(H,27,28,31). The number of thiazole rings is 1. The van der Waals surface area contributed by atoms with Gasteiger partial charge in [0.2, 0.25) is 0 Å². The first-order valence-corrected chi connectivity index (χ1v) is 12.3. The first kappa shape index (κ1) is 20.6. The second-order valence-corrected chi connectivity index (χ2v) is 9.74. The van der Waals surface area contributed by atoms with Gasteiger partial charge in [0.1, 0.15) is 16.3 Å². The summed E-state index contributed by atoms with van der Waals surface area (Å²) >= 11 is 2.84. The zero-order valence-electron chi connectivity index (χ0n) is 18.1. The Hall–Kier alpha value is -4.01. The number of benzene rings is 3. The Balaban J connectivity index is 1.25. The van der Waals surface area contributed by atoms with Crippen molar-refractivity contribution in [1.29, 1.82) is 0 Å². The maximum atomic E-state index is 13.0. The smallest absolute Gasteiger partial charge is 0.267 e. The summed E-state index contributed by atoms with van der Waals surface area (Å²) in [6.07, 6.45) is 0. The zero-order chi connectivity index (χ0) is 23.1. The highest BCUT2D eigenvalue weighted by molar-refractivity contribution is 7.23. The minimum Gasteiger partial charge on any atom is -0.457 e. The number of nitrogens with zero attached hydrogens (tertiary/aromatic N) is 3. The predicted molar refractivity (Wildman–Crippen MR) is 138 cm³/mol. The van der Waals surface area contributed by atoms with E-state index in [4.69, 9.17) is 4.74 Å². The fraction of sp³-hybridized carbons (Fsp3) is 0.0385. The summed E-state index contributed by atoms with van der Waals surface area (Å²) in [5, 5.41) is 9.13. The molecule has 8 heteroatoms. The lowest BCUT2D eigenvalue weighted by Crippen LogP contribution is -2.09. The summed E-state index contributed by atoms with van der Waals surface area (Å²) < 4.78 is 8.74. The van der Waals surface area contributed by atoms with Crippen LogP contribution >= 0.6 is 22.7 Å². The quantitative estimate of drug-likeness (QED) is 0.286. The molecule has 0 spiro atoms. The normalized spacial score (nSPS) is 11.2. The molecule has 3 aromatic heterocycles. The van der Waals surface area contributed by atoms with E-state index < -0.39 is 0 Å². The predicted octanol–water partition coefficient (Wildman–Crippen LogP) is 7.05. The molecule has 34 heavy (non-hydrogen) atoms. The molecule has 0 unspecified atom stereocenters. The van der Waals surface area contributed by atoms with Crippen molar-refractivity contribution < 1.29 is 9.53 Å². The molecule has 3 aromatic carbocycles. The number of anilines is 1. The van der Waals surface area contributed by atoms with E-state index in [9.17, 15) is 4.79 Å². The van der Waals surface area contributed by atoms with Crippen LogP contribution in [0.3, 0.4) is 0 Å². The average Bonchev–Trinajstić information content (AvgIpc) is 3.54. The van der Waals surface area contributed by atoms with Gasteiger partial charge in [-0.3, -0.25) is 10.1 Å². The van der Waals surface area contributed by atoms with Crippen LogP contribution in [0.15, 0.2) is 84.9 Å². The molecule has 3 heterocycles. The van der Waals surface area contributed by atoms with Crippen LogP contribution in [0.25, 0.3) is 26.1 Å². The minimum atomic E-state index is -0.181. The number of nitrogens with one attached hydrogen (secondary N) is 1. The molecule has 0 atom stereocenters. The van der Waals surface area contributed by atoms with E-state index >= 15 is 0 Å². The first-order valence-electron chi connectivity index (χ1n) is 10.6. The molecule has 0 fully saturated rings. The van der Waals surface area contributed by atoms with Crippen LogP contribution in [0.1, 0.15) is 15.4 Å². The van der Waals surface area contributed by atoms with Gasteiger partial charge in [-0.15, -0.1) is 11.3 Å². The molecule has 6 aromatic rings. The largest absolute Gasteiger partial charge is 0.457 e. The molecule has 0 aliphatic rings. The van der Waals surface area contributed by atoms with Gasteiger partial charge in [0.15, 0.2) is 5.13 Å². The molecule has 0 aliphatic carbocycles. The maximum Gasteiger partial charge on any atom is 0.267 e. The lowest BCUT2D eigenvalue weighted by Gasteiger charge is -2.04. The van der Waals surface area contributed by atoms with Gasteiger partial charge in [0.25, 0.3) is 5.91 Å². The number of hydrogen-bond donors (Lipinski definition) is 1. The number of para-hydroxylation sites is 2. The molecule has 6 rings (SSSR count). The minimum absolute atomic E-state index is 0.181. The van der Waals surface area contributed by atoms with Gasteiger partial charge in [0, 0.05) is 11.5 Å². The third-order valence-electron chi connectivity index (χ3n) is 5.33. The number of carbonyl (C=O) groups excluding carboxylic acids is 1. The Bertz CT molecular complexity index is 1640. The van der Waals surface area contributed by atoms with Crippen molar-refractivity contribution in [3.63, 3.8) is 0 Å². The molecule has 0 bridgehead atoms. The van der Waals surface area contributed by atoms with Gasteiger partial charge in [-0.25, -0.2) is 9.67 Å². The number of hydrogen-bond acceptors (Lipinski definition) is 6. The summed E-state index contributed by atoms with van der Waals surface area (Å²) in [6, 6.07) is 27.2. The van der Waals surface area contributed by atoms with Crippen LogP contribution in [-0.2, 0) is 0 Å². The Morgan fingerprint density at radius 1 is 0.912 bits per heavy atom. The molecule has 0 aliphatic heterocycles. The number of thiophene rings is 1. The van der Waals surface area contributed by atoms with E-state index in [1.807, 2.05) is 96.5 Å². The first-order chi connectivity index (χ1) is 16.6. The van der Waals surface area contributed by atoms with Crippen molar-refractivity contribution in [3.05, 3.63) is 95.5 Å². The molecule has 0 saturated heterocycles. The third kappa shape index (κ3) is 3.83. The number of amides is 1. The molecule has 1 N–H and O–H groups in total. The SMILES string of the molecule is Cc1nn(-c2ccccc2)c2sc(C(=O)Nc3nc4ccc(Oc5ccccc5)cc4s3)cc12. The summed E-state index contributed by atoms with van der Waals surface area (Å²) in [6.45, 7) is 1.96. The highest BCUT2D eigenvalue weighted by atomic mass is 32.1. The molecule has 0 radical (unpaired) electrons. The Labute approximate surface area is 203 Å². The highest BCUT2D eigenvalue weighted by Crippen LogP contribution is 2.33. The van der Waals surface area contributed by atoms with Crippen molar-refractivity contribution in [3.8, 4) is 17.2 Å². The Kier molecular flexibility index (Phi) is 5.09. The lowest BCUT2D eigenvalue weighted by atomic mass is 10.3. The molecule has 0 saturated carbocycles. The Morgan fingerprint density at radius 3 is 2.47 bits per heavy atom. The molecule has 1 amide bonds. The summed E-state index contributed by atoms with van der Waals surface area (Å²) in [5.41, 5.74) is 2.67. The zero-order valence-corrected chi connectivity index (χ0v) is 19.7. The van der Waals surface area contributed by atoms with Crippen LogP contribution in [0.2, 0.25) is 0 Å². The summed E-state index contributed by atoms with van der Waals surface area (Å²) in [7, 11) is 0. The fourth-order valence-electron chi connectivity index (χ4n) is 3.71. The number of aromatic nitrogens is 3. The summed E-state index contributed by atoms with van der Waals surface area (Å²) in [4.78, 5) is 19.2. The molecular formula is C26H18N4O2S2. The van der Waals surface area contributed by atoms with E-state index in [1.54, 1.807) is 0 Å². The maximum absolute atomic E-state index is 13.0. The van der Waals surface area contributed by atoms with Crippen molar-refractivity contribution in [1.82, 2.24) is 14.8 Å². The van der Waals surface area contributed by atoms with Crippen LogP contribution in [0, 0.1) is 6.92 Å². The van der Waals surface area contributed by atoms with E-state index in [-0.39, 0.29) is 5.91 Å². The Morgan fingerprint density at radius 2 is 1.68 bits per heavy atom. The summed E-state index contributed by atoms with van der Waals surface area (Å²) in [5.74, 6) is 1.32. The van der Waals surface area contributed by atoms with Crippen LogP contribution in [0.5, 0.6) is 11.5 Å². The molecular weight excluding hydrogens is 464 g/mol. The second-order valence-electron chi connectivity index (χ2n) is 7.68. The van der Waals surface area contributed by atoms with Crippen LogP contribution < -0.4 is 10.1 Å². The topological polar surface area (TPSA) is 69.0 Å². The van der Waals surface area contributed by atoms with E-state index in [0.29, 0.717) is 10.0 Å². The molecule has 166 valence electrons.